The normalized spacial score (nSPS) is 10.6. The lowest BCUT2D eigenvalue weighted by molar-refractivity contribution is -0.142. The van der Waals surface area contributed by atoms with Crippen molar-refractivity contribution in [2.45, 2.75) is 13.3 Å². The minimum Gasteiger partial charge on any atom is -0.466 e. The second-order valence-electron chi connectivity index (χ2n) is 3.31. The molecule has 0 radical (unpaired) electrons. The number of halogens is 1. The molecule has 0 spiro atoms. The van der Waals surface area contributed by atoms with Gasteiger partial charge in [0.15, 0.2) is 0 Å². The highest BCUT2D eigenvalue weighted by Crippen LogP contribution is 2.16. The van der Waals surface area contributed by atoms with E-state index in [-0.39, 0.29) is 12.4 Å². The largest absolute Gasteiger partial charge is 0.466 e. The van der Waals surface area contributed by atoms with Crippen molar-refractivity contribution < 1.29 is 9.53 Å². The van der Waals surface area contributed by atoms with E-state index >= 15 is 0 Å². The van der Waals surface area contributed by atoms with Crippen molar-refractivity contribution in [3.8, 4) is 0 Å². The molecule has 0 aromatic carbocycles. The summed E-state index contributed by atoms with van der Waals surface area (Å²) in [6.45, 7) is 2.19. The van der Waals surface area contributed by atoms with Crippen LogP contribution in [0.25, 0.3) is 5.52 Å². The first kappa shape index (κ1) is 11.1. The van der Waals surface area contributed by atoms with Gasteiger partial charge in [0.25, 0.3) is 0 Å². The summed E-state index contributed by atoms with van der Waals surface area (Å²) in [5, 5.41) is 0. The Balaban J connectivity index is 2.30. The maximum atomic E-state index is 11.4. The van der Waals surface area contributed by atoms with Crippen LogP contribution in [0.3, 0.4) is 0 Å². The maximum absolute atomic E-state index is 11.4. The van der Waals surface area contributed by atoms with Crippen LogP contribution in [0.15, 0.2) is 29.1 Å². The summed E-state index contributed by atoms with van der Waals surface area (Å²) in [6.07, 6.45) is 3.79. The van der Waals surface area contributed by atoms with Crippen LogP contribution in [-0.2, 0) is 16.0 Å². The fourth-order valence-corrected chi connectivity index (χ4v) is 1.84. The molecule has 4 nitrogen and oxygen atoms in total. The first-order valence-corrected chi connectivity index (χ1v) is 5.76. The third-order valence-corrected chi connectivity index (χ3v) is 2.69. The molecule has 0 unspecified atom stereocenters. The molecule has 0 saturated carbocycles. The molecule has 0 atom stereocenters. The summed E-state index contributed by atoms with van der Waals surface area (Å²) in [5.74, 6) is -0.247. The summed E-state index contributed by atoms with van der Waals surface area (Å²) in [7, 11) is 0. The molecule has 2 heterocycles. The molecule has 2 rings (SSSR count). The molecule has 2 aromatic heterocycles. The number of ether oxygens (including phenoxy) is 1. The van der Waals surface area contributed by atoms with Crippen LogP contribution in [0.4, 0.5) is 0 Å². The lowest BCUT2D eigenvalue weighted by Gasteiger charge is -2.00. The number of aromatic nitrogens is 2. The van der Waals surface area contributed by atoms with Gasteiger partial charge in [-0.1, -0.05) is 15.9 Å². The number of pyridine rings is 1. The number of hydrogen-bond donors (Lipinski definition) is 0. The van der Waals surface area contributed by atoms with Crippen LogP contribution < -0.4 is 0 Å². The van der Waals surface area contributed by atoms with Gasteiger partial charge >= 0.3 is 5.97 Å². The van der Waals surface area contributed by atoms with Crippen molar-refractivity contribution in [1.29, 1.82) is 0 Å². The molecule has 0 N–H and O–H groups in total. The summed E-state index contributed by atoms with van der Waals surface area (Å²) in [5.41, 5.74) is 1.65. The Morgan fingerprint density at radius 3 is 3.19 bits per heavy atom. The van der Waals surface area contributed by atoms with E-state index in [9.17, 15) is 4.79 Å². The Morgan fingerprint density at radius 2 is 2.44 bits per heavy atom. The van der Waals surface area contributed by atoms with Gasteiger partial charge in [-0.25, -0.2) is 4.98 Å². The van der Waals surface area contributed by atoms with Gasteiger partial charge in [0.2, 0.25) is 0 Å². The van der Waals surface area contributed by atoms with Crippen LogP contribution in [0.5, 0.6) is 0 Å². The fraction of sp³-hybridized carbons (Fsp3) is 0.273. The molecule has 0 amide bonds. The molecule has 0 aliphatic heterocycles. The number of esters is 1. The smallest absolute Gasteiger partial charge is 0.311 e. The Morgan fingerprint density at radius 1 is 1.62 bits per heavy atom. The second-order valence-corrected chi connectivity index (χ2v) is 4.23. The van der Waals surface area contributed by atoms with E-state index < -0.39 is 0 Å². The van der Waals surface area contributed by atoms with Gasteiger partial charge in [0, 0.05) is 10.7 Å². The Kier molecular flexibility index (Phi) is 3.24. The first-order chi connectivity index (χ1) is 7.70. The lowest BCUT2D eigenvalue weighted by Crippen LogP contribution is -2.07. The van der Waals surface area contributed by atoms with Gasteiger partial charge in [-0.15, -0.1) is 0 Å². The highest BCUT2D eigenvalue weighted by Gasteiger charge is 2.10. The Hall–Kier alpha value is -1.36. The third kappa shape index (κ3) is 2.24. The number of fused-ring (bicyclic) bond motifs is 1. The van der Waals surface area contributed by atoms with Gasteiger partial charge in [-0.05, 0) is 19.1 Å². The van der Waals surface area contributed by atoms with Gasteiger partial charge in [0.1, 0.15) is 0 Å². The average molecular weight is 283 g/mol. The highest BCUT2D eigenvalue weighted by molar-refractivity contribution is 9.10. The highest BCUT2D eigenvalue weighted by atomic mass is 79.9. The van der Waals surface area contributed by atoms with Crippen molar-refractivity contribution in [2.75, 3.05) is 6.61 Å². The van der Waals surface area contributed by atoms with Crippen molar-refractivity contribution in [3.63, 3.8) is 0 Å². The topological polar surface area (TPSA) is 43.6 Å². The Labute approximate surface area is 101 Å². The van der Waals surface area contributed by atoms with Crippen molar-refractivity contribution in [1.82, 2.24) is 9.38 Å². The maximum Gasteiger partial charge on any atom is 0.311 e. The molecule has 0 aliphatic rings. The van der Waals surface area contributed by atoms with Crippen LogP contribution in [-0.4, -0.2) is 22.0 Å². The van der Waals surface area contributed by atoms with E-state index in [4.69, 9.17) is 4.74 Å². The van der Waals surface area contributed by atoms with Gasteiger partial charge < -0.3 is 9.14 Å². The predicted molar refractivity (Wildman–Crippen MR) is 63.2 cm³/mol. The zero-order valence-electron chi connectivity index (χ0n) is 8.81. The van der Waals surface area contributed by atoms with Crippen LogP contribution in [0, 0.1) is 0 Å². The number of carbonyl (C=O) groups is 1. The number of rotatable bonds is 3. The van der Waals surface area contributed by atoms with E-state index in [0.717, 1.165) is 15.7 Å². The summed E-state index contributed by atoms with van der Waals surface area (Å²) >= 11 is 3.39. The van der Waals surface area contributed by atoms with E-state index in [0.29, 0.717) is 6.61 Å². The fourth-order valence-electron chi connectivity index (χ4n) is 1.50. The molecule has 5 heteroatoms. The van der Waals surface area contributed by atoms with Gasteiger partial charge in [0.05, 0.1) is 30.6 Å². The first-order valence-electron chi connectivity index (χ1n) is 4.97. The van der Waals surface area contributed by atoms with Crippen molar-refractivity contribution in [3.05, 3.63) is 34.8 Å². The van der Waals surface area contributed by atoms with E-state index in [1.54, 1.807) is 13.3 Å². The zero-order chi connectivity index (χ0) is 11.5. The molecule has 84 valence electrons. The molecule has 0 bridgehead atoms. The van der Waals surface area contributed by atoms with E-state index in [2.05, 4.69) is 20.9 Å². The monoisotopic (exact) mass is 282 g/mol. The summed E-state index contributed by atoms with van der Waals surface area (Å²) < 4.78 is 7.73. The SMILES string of the molecule is CCOC(=O)Cc1ncn2ccc(Br)cc12. The quantitative estimate of drug-likeness (QED) is 0.811. The third-order valence-electron chi connectivity index (χ3n) is 2.20. The number of imidazole rings is 1. The zero-order valence-corrected chi connectivity index (χ0v) is 10.4. The molecule has 16 heavy (non-hydrogen) atoms. The molecule has 0 saturated heterocycles. The molecular formula is C11H11BrN2O2. The van der Waals surface area contributed by atoms with E-state index in [1.807, 2.05) is 22.7 Å². The predicted octanol–water partition coefficient (Wildman–Crippen LogP) is 2.20. The Bertz CT molecular complexity index is 522. The number of nitrogens with zero attached hydrogens (tertiary/aromatic N) is 2. The standard InChI is InChI=1S/C11H11BrN2O2/c1-2-16-11(15)6-9-10-5-8(12)3-4-14(10)7-13-9/h3-5,7H,2,6H2,1H3. The molecule has 2 aromatic rings. The van der Waals surface area contributed by atoms with E-state index in [1.165, 1.54) is 0 Å². The van der Waals surface area contributed by atoms with Crippen molar-refractivity contribution >= 4 is 27.4 Å². The van der Waals surface area contributed by atoms with Gasteiger partial charge in [-0.3, -0.25) is 4.79 Å². The average Bonchev–Trinajstić information content (AvgIpc) is 2.61. The van der Waals surface area contributed by atoms with Crippen LogP contribution in [0.2, 0.25) is 0 Å². The second kappa shape index (κ2) is 4.65. The van der Waals surface area contributed by atoms with Crippen LogP contribution >= 0.6 is 15.9 Å². The number of hydrogen-bond acceptors (Lipinski definition) is 3. The molecule has 0 fully saturated rings. The number of carbonyl (C=O) groups excluding carboxylic acids is 1. The van der Waals surface area contributed by atoms with Crippen molar-refractivity contribution in [2.24, 2.45) is 0 Å². The molecular weight excluding hydrogens is 272 g/mol. The lowest BCUT2D eigenvalue weighted by atomic mass is 10.2. The van der Waals surface area contributed by atoms with Crippen LogP contribution in [0.1, 0.15) is 12.6 Å². The van der Waals surface area contributed by atoms with Gasteiger partial charge in [-0.2, -0.15) is 0 Å². The molecule has 0 aliphatic carbocycles. The minimum absolute atomic E-state index is 0.209. The minimum atomic E-state index is -0.247. The summed E-state index contributed by atoms with van der Waals surface area (Å²) in [4.78, 5) is 15.6. The summed E-state index contributed by atoms with van der Waals surface area (Å²) in [6, 6.07) is 3.85.